The number of fused-ring (bicyclic) bond motifs is 15. The molecular weight excluding hydrogens is 739 g/mol. The number of para-hydroxylation sites is 3. The van der Waals surface area contributed by atoms with Gasteiger partial charge < -0.3 is 18.1 Å². The SMILES string of the molecule is c1cc(-c2ccc3c(c2)n2c4ccccc4c4ccc5c6ccccc6n3c5c42)cc(N(c2ccc3oc4ccccc4c3c2)c2cccc3sc4ccccc4c23)c1. The first-order chi connectivity index (χ1) is 29.3. The summed E-state index contributed by atoms with van der Waals surface area (Å²) < 4.78 is 13.9. The van der Waals surface area contributed by atoms with E-state index in [0.717, 1.165) is 44.6 Å². The highest BCUT2D eigenvalue weighted by Gasteiger charge is 2.23. The molecule has 0 fully saturated rings. The summed E-state index contributed by atoms with van der Waals surface area (Å²) in [4.78, 5) is 2.44. The zero-order valence-electron chi connectivity index (χ0n) is 31.6. The van der Waals surface area contributed by atoms with Crippen LogP contribution in [0.3, 0.4) is 0 Å². The van der Waals surface area contributed by atoms with Gasteiger partial charge in [0.1, 0.15) is 11.2 Å². The number of hydrogen-bond donors (Lipinski definition) is 0. The Labute approximate surface area is 340 Å². The van der Waals surface area contributed by atoms with Crippen molar-refractivity contribution < 1.29 is 4.42 Å². The number of benzene rings is 9. The van der Waals surface area contributed by atoms with Crippen LogP contribution < -0.4 is 4.90 Å². The lowest BCUT2D eigenvalue weighted by Crippen LogP contribution is -2.10. The third-order valence-electron chi connectivity index (χ3n) is 12.6. The van der Waals surface area contributed by atoms with Gasteiger partial charge in [-0.05, 0) is 90.0 Å². The van der Waals surface area contributed by atoms with Gasteiger partial charge in [0, 0.05) is 63.9 Å². The van der Waals surface area contributed by atoms with Gasteiger partial charge in [-0.1, -0.05) is 109 Å². The molecule has 0 N–H and O–H groups in total. The third-order valence-corrected chi connectivity index (χ3v) is 13.7. The molecule has 0 saturated carbocycles. The maximum absolute atomic E-state index is 6.32. The van der Waals surface area contributed by atoms with Gasteiger partial charge >= 0.3 is 0 Å². The lowest BCUT2D eigenvalue weighted by Gasteiger charge is -2.27. The van der Waals surface area contributed by atoms with Gasteiger partial charge in [0.25, 0.3) is 0 Å². The number of thiophene rings is 1. The summed E-state index contributed by atoms with van der Waals surface area (Å²) in [5.74, 6) is 0. The topological polar surface area (TPSA) is 25.2 Å². The third kappa shape index (κ3) is 4.21. The van der Waals surface area contributed by atoms with E-state index >= 15 is 0 Å². The molecule has 0 aliphatic rings. The normalized spacial score (nSPS) is 12.4. The van der Waals surface area contributed by atoms with Crippen LogP contribution in [0.4, 0.5) is 17.1 Å². The van der Waals surface area contributed by atoms with Crippen molar-refractivity contribution in [1.82, 2.24) is 8.80 Å². The van der Waals surface area contributed by atoms with Gasteiger partial charge in [-0.15, -0.1) is 11.3 Å². The molecule has 0 spiro atoms. The van der Waals surface area contributed by atoms with E-state index in [-0.39, 0.29) is 0 Å². The van der Waals surface area contributed by atoms with E-state index in [4.69, 9.17) is 4.42 Å². The Morgan fingerprint density at radius 2 is 1.00 bits per heavy atom. The zero-order valence-corrected chi connectivity index (χ0v) is 32.4. The minimum atomic E-state index is 0.887. The zero-order chi connectivity index (χ0) is 38.3. The van der Waals surface area contributed by atoms with Crippen LogP contribution in [-0.4, -0.2) is 8.80 Å². The molecule has 0 aliphatic carbocycles. The van der Waals surface area contributed by atoms with Crippen LogP contribution >= 0.6 is 11.3 Å². The Bertz CT molecular complexity index is 4050. The molecule has 0 saturated heterocycles. The fraction of sp³-hybridized carbons (Fsp3) is 0. The lowest BCUT2D eigenvalue weighted by atomic mass is 10.0. The maximum atomic E-state index is 6.32. The molecule has 0 unspecified atom stereocenters. The minimum Gasteiger partial charge on any atom is -0.456 e. The van der Waals surface area contributed by atoms with Crippen molar-refractivity contribution in [2.24, 2.45) is 0 Å². The molecular formula is C54H31N3OS. The quantitative estimate of drug-likeness (QED) is 0.167. The predicted molar refractivity (Wildman–Crippen MR) is 250 cm³/mol. The van der Waals surface area contributed by atoms with Crippen molar-refractivity contribution in [2.75, 3.05) is 4.90 Å². The number of furan rings is 1. The molecule has 9 aromatic carbocycles. The fourth-order valence-corrected chi connectivity index (χ4v) is 11.2. The highest BCUT2D eigenvalue weighted by Crippen LogP contribution is 2.47. The lowest BCUT2D eigenvalue weighted by molar-refractivity contribution is 0.669. The Balaban J connectivity index is 1.03. The molecule has 0 aliphatic heterocycles. The molecule has 59 heavy (non-hydrogen) atoms. The molecule has 274 valence electrons. The summed E-state index contributed by atoms with van der Waals surface area (Å²) in [6.07, 6.45) is 0. The first-order valence-corrected chi connectivity index (χ1v) is 20.9. The number of rotatable bonds is 4. The van der Waals surface area contributed by atoms with Crippen molar-refractivity contribution in [2.45, 2.75) is 0 Å². The van der Waals surface area contributed by atoms with E-state index in [9.17, 15) is 0 Å². The van der Waals surface area contributed by atoms with E-state index < -0.39 is 0 Å². The molecule has 0 atom stereocenters. The highest BCUT2D eigenvalue weighted by molar-refractivity contribution is 7.26. The molecule has 5 heteroatoms. The van der Waals surface area contributed by atoms with E-state index in [1.54, 1.807) is 0 Å². The number of hydrogen-bond acceptors (Lipinski definition) is 3. The number of nitrogens with zero attached hydrogens (tertiary/aromatic N) is 3. The van der Waals surface area contributed by atoms with E-state index in [0.29, 0.717) is 0 Å². The van der Waals surface area contributed by atoms with Crippen LogP contribution in [0.5, 0.6) is 0 Å². The molecule has 5 aromatic heterocycles. The maximum Gasteiger partial charge on any atom is 0.135 e. The summed E-state index contributed by atoms with van der Waals surface area (Å²) >= 11 is 1.85. The second kappa shape index (κ2) is 11.5. The van der Waals surface area contributed by atoms with Gasteiger partial charge in [0.05, 0.1) is 38.8 Å². The molecule has 0 bridgehead atoms. The van der Waals surface area contributed by atoms with Crippen molar-refractivity contribution in [3.05, 3.63) is 188 Å². The van der Waals surface area contributed by atoms with E-state index in [1.807, 2.05) is 17.4 Å². The van der Waals surface area contributed by atoms with Gasteiger partial charge in [0.2, 0.25) is 0 Å². The first-order valence-electron chi connectivity index (χ1n) is 20.1. The largest absolute Gasteiger partial charge is 0.456 e. The smallest absolute Gasteiger partial charge is 0.135 e. The number of anilines is 3. The Morgan fingerprint density at radius 3 is 1.81 bits per heavy atom. The average molecular weight is 770 g/mol. The predicted octanol–water partition coefficient (Wildman–Crippen LogP) is 15.6. The average Bonchev–Trinajstić information content (AvgIpc) is 4.05. The van der Waals surface area contributed by atoms with Crippen LogP contribution in [0.1, 0.15) is 0 Å². The number of aromatic nitrogens is 2. The van der Waals surface area contributed by atoms with Crippen LogP contribution in [0, 0.1) is 0 Å². The second-order valence-corrected chi connectivity index (χ2v) is 16.8. The van der Waals surface area contributed by atoms with Crippen LogP contribution in [0.25, 0.3) is 108 Å². The Morgan fingerprint density at radius 1 is 0.373 bits per heavy atom. The van der Waals surface area contributed by atoms with Crippen LogP contribution in [0.15, 0.2) is 192 Å². The van der Waals surface area contributed by atoms with Crippen molar-refractivity contribution >= 4 is 125 Å². The molecule has 14 rings (SSSR count). The molecule has 0 radical (unpaired) electrons. The molecule has 4 nitrogen and oxygen atoms in total. The standard InChI is InChI=1S/C54H31N3OS/c1-5-17-43-36(13-1)39-25-26-40-37-14-2-6-18-44(37)57-47-30-33(23-27-45(47)56(43)53(39)54(40)57)32-11-9-12-34(29-32)55(35-24-28-49-42(31-35)38-15-3-7-20-48(38)58-49)46-19-10-22-51-52(46)41-16-4-8-21-50(41)59-51/h1-31H. The van der Waals surface area contributed by atoms with Gasteiger partial charge in [-0.2, -0.15) is 0 Å². The Hall–Kier alpha value is -7.60. The summed E-state index contributed by atoms with van der Waals surface area (Å²) in [5, 5.41) is 9.87. The highest BCUT2D eigenvalue weighted by atomic mass is 32.1. The monoisotopic (exact) mass is 769 g/mol. The fourth-order valence-electron chi connectivity index (χ4n) is 10.1. The van der Waals surface area contributed by atoms with Gasteiger partial charge in [0.15, 0.2) is 0 Å². The summed E-state index contributed by atoms with van der Waals surface area (Å²) in [6, 6.07) is 68.8. The van der Waals surface area contributed by atoms with E-state index in [2.05, 4.69) is 196 Å². The first kappa shape index (κ1) is 31.5. The summed E-state index contributed by atoms with van der Waals surface area (Å²) in [6.45, 7) is 0. The minimum absolute atomic E-state index is 0.887. The van der Waals surface area contributed by atoms with Crippen molar-refractivity contribution in [1.29, 1.82) is 0 Å². The van der Waals surface area contributed by atoms with Gasteiger partial charge in [-0.25, -0.2) is 0 Å². The molecule has 14 aromatic rings. The molecule has 5 heterocycles. The summed E-state index contributed by atoms with van der Waals surface area (Å²) in [7, 11) is 0. The van der Waals surface area contributed by atoms with Crippen LogP contribution in [0.2, 0.25) is 0 Å². The molecule has 0 amide bonds. The summed E-state index contributed by atoms with van der Waals surface area (Å²) in [5.41, 5.74) is 14.8. The van der Waals surface area contributed by atoms with Gasteiger partial charge in [-0.3, -0.25) is 0 Å². The Kier molecular flexibility index (Phi) is 6.14. The van der Waals surface area contributed by atoms with Crippen LogP contribution in [-0.2, 0) is 0 Å². The van der Waals surface area contributed by atoms with Crippen molar-refractivity contribution in [3.8, 4) is 11.1 Å². The van der Waals surface area contributed by atoms with Crippen molar-refractivity contribution in [3.63, 3.8) is 0 Å². The second-order valence-electron chi connectivity index (χ2n) is 15.7. The van der Waals surface area contributed by atoms with E-state index in [1.165, 1.54) is 80.4 Å².